The predicted molar refractivity (Wildman–Crippen MR) is 126 cm³/mol. The van der Waals surface area contributed by atoms with Gasteiger partial charge in [0.05, 0.1) is 17.1 Å². The number of rotatable bonds is 5. The molecule has 0 radical (unpaired) electrons. The van der Waals surface area contributed by atoms with Gasteiger partial charge in [0.2, 0.25) is 0 Å². The molecule has 0 N–H and O–H groups in total. The normalized spacial score (nSPS) is 17.2. The number of nitrogens with zero attached hydrogens (tertiary/aromatic N) is 1. The van der Waals surface area contributed by atoms with E-state index in [-0.39, 0.29) is 17.3 Å². The van der Waals surface area contributed by atoms with Crippen LogP contribution >= 0.6 is 11.8 Å². The SMILES string of the molecule is CCOC(=O)c1ccc(N2C(=O)/C(=C/c3cccc(C)c3)SC2c2ccccc2)cc1. The van der Waals surface area contributed by atoms with Crippen molar-refractivity contribution in [3.8, 4) is 0 Å². The molecule has 3 aromatic rings. The van der Waals surface area contributed by atoms with Gasteiger partial charge in [0.15, 0.2) is 0 Å². The fourth-order valence-corrected chi connectivity index (χ4v) is 4.78. The molecule has 1 unspecified atom stereocenters. The van der Waals surface area contributed by atoms with E-state index >= 15 is 0 Å². The first-order chi connectivity index (χ1) is 15.1. The summed E-state index contributed by atoms with van der Waals surface area (Å²) in [7, 11) is 0. The molecule has 1 saturated heterocycles. The molecule has 31 heavy (non-hydrogen) atoms. The summed E-state index contributed by atoms with van der Waals surface area (Å²) in [5.41, 5.74) is 4.41. The van der Waals surface area contributed by atoms with Gasteiger partial charge in [-0.1, -0.05) is 71.9 Å². The van der Waals surface area contributed by atoms with E-state index in [1.165, 1.54) is 11.8 Å². The molecular formula is C26H23NO3S. The lowest BCUT2D eigenvalue weighted by Crippen LogP contribution is -2.27. The quantitative estimate of drug-likeness (QED) is 0.369. The van der Waals surface area contributed by atoms with E-state index in [1.54, 1.807) is 36.1 Å². The van der Waals surface area contributed by atoms with Gasteiger partial charge < -0.3 is 4.74 Å². The third-order valence-electron chi connectivity index (χ3n) is 4.98. The minimum absolute atomic E-state index is 0.0516. The summed E-state index contributed by atoms with van der Waals surface area (Å²) in [6.07, 6.45) is 1.95. The molecule has 1 heterocycles. The van der Waals surface area contributed by atoms with Crippen molar-refractivity contribution in [2.45, 2.75) is 19.2 Å². The second-order valence-electron chi connectivity index (χ2n) is 7.25. The van der Waals surface area contributed by atoms with Crippen molar-refractivity contribution in [3.05, 3.63) is 106 Å². The third kappa shape index (κ3) is 4.57. The Labute approximate surface area is 186 Å². The summed E-state index contributed by atoms with van der Waals surface area (Å²) in [6.45, 7) is 4.14. The van der Waals surface area contributed by atoms with E-state index in [0.29, 0.717) is 17.1 Å². The van der Waals surface area contributed by atoms with Crippen LogP contribution < -0.4 is 4.90 Å². The van der Waals surface area contributed by atoms with Gasteiger partial charge in [-0.25, -0.2) is 4.79 Å². The van der Waals surface area contributed by atoms with Crippen molar-refractivity contribution in [2.24, 2.45) is 0 Å². The van der Waals surface area contributed by atoms with Crippen molar-refractivity contribution < 1.29 is 14.3 Å². The molecule has 3 aromatic carbocycles. The number of hydrogen-bond acceptors (Lipinski definition) is 4. The van der Waals surface area contributed by atoms with E-state index in [9.17, 15) is 9.59 Å². The molecule has 1 aliphatic rings. The standard InChI is InChI=1S/C26H23NO3S/c1-3-30-26(29)21-12-14-22(15-13-21)27-24(28)23(17-19-9-7-8-18(2)16-19)31-25(27)20-10-5-4-6-11-20/h4-17,25H,3H2,1-2H3/b23-17-. The maximum absolute atomic E-state index is 13.4. The van der Waals surface area contributed by atoms with Crippen LogP contribution in [0.5, 0.6) is 0 Å². The fourth-order valence-electron chi connectivity index (χ4n) is 3.52. The van der Waals surface area contributed by atoms with E-state index in [1.807, 2.05) is 61.5 Å². The minimum Gasteiger partial charge on any atom is -0.462 e. The van der Waals surface area contributed by atoms with E-state index in [0.717, 1.165) is 22.4 Å². The molecule has 4 nitrogen and oxygen atoms in total. The molecule has 0 bridgehead atoms. The molecule has 1 fully saturated rings. The lowest BCUT2D eigenvalue weighted by Gasteiger charge is -2.24. The van der Waals surface area contributed by atoms with Gasteiger partial charge in [-0.3, -0.25) is 9.69 Å². The number of ether oxygens (including phenoxy) is 1. The number of amides is 1. The van der Waals surface area contributed by atoms with E-state index in [4.69, 9.17) is 4.74 Å². The average molecular weight is 430 g/mol. The molecule has 5 heteroatoms. The van der Waals surface area contributed by atoms with Gasteiger partial charge in [-0.05, 0) is 55.3 Å². The Kier molecular flexibility index (Phi) is 6.23. The summed E-state index contributed by atoms with van der Waals surface area (Å²) in [4.78, 5) is 27.9. The van der Waals surface area contributed by atoms with E-state index in [2.05, 4.69) is 6.07 Å². The van der Waals surface area contributed by atoms with E-state index < -0.39 is 0 Å². The molecule has 4 rings (SSSR count). The second-order valence-corrected chi connectivity index (χ2v) is 8.37. The Balaban J connectivity index is 1.71. The van der Waals surface area contributed by atoms with Crippen molar-refractivity contribution in [1.82, 2.24) is 0 Å². The van der Waals surface area contributed by atoms with Crippen LogP contribution in [-0.4, -0.2) is 18.5 Å². The summed E-state index contributed by atoms with van der Waals surface area (Å²) >= 11 is 1.54. The lowest BCUT2D eigenvalue weighted by molar-refractivity contribution is -0.114. The van der Waals surface area contributed by atoms with Crippen molar-refractivity contribution in [1.29, 1.82) is 0 Å². The lowest BCUT2D eigenvalue weighted by atomic mass is 10.1. The van der Waals surface area contributed by atoms with Gasteiger partial charge in [-0.15, -0.1) is 0 Å². The number of thioether (sulfide) groups is 1. The Morgan fingerprint density at radius 3 is 2.45 bits per heavy atom. The van der Waals surface area contributed by atoms with Gasteiger partial charge >= 0.3 is 5.97 Å². The molecule has 1 aliphatic heterocycles. The van der Waals surface area contributed by atoms with Gasteiger partial charge in [0.1, 0.15) is 5.37 Å². The zero-order valence-corrected chi connectivity index (χ0v) is 18.3. The van der Waals surface area contributed by atoms with Crippen molar-refractivity contribution in [2.75, 3.05) is 11.5 Å². The highest BCUT2D eigenvalue weighted by Gasteiger charge is 2.38. The summed E-state index contributed by atoms with van der Waals surface area (Å²) in [5.74, 6) is -0.417. The first kappa shape index (κ1) is 20.9. The van der Waals surface area contributed by atoms with Gasteiger partial charge in [0.25, 0.3) is 5.91 Å². The van der Waals surface area contributed by atoms with Crippen LogP contribution in [0.25, 0.3) is 6.08 Å². The highest BCUT2D eigenvalue weighted by atomic mass is 32.2. The number of aryl methyl sites for hydroxylation is 1. The predicted octanol–water partition coefficient (Wildman–Crippen LogP) is 5.99. The molecular weight excluding hydrogens is 406 g/mol. The van der Waals surface area contributed by atoms with Crippen LogP contribution in [-0.2, 0) is 9.53 Å². The smallest absolute Gasteiger partial charge is 0.338 e. The highest BCUT2D eigenvalue weighted by molar-refractivity contribution is 8.05. The summed E-state index contributed by atoms with van der Waals surface area (Å²) in [6, 6.07) is 25.1. The number of benzene rings is 3. The molecule has 0 aromatic heterocycles. The number of carbonyl (C=O) groups excluding carboxylic acids is 2. The number of esters is 1. The van der Waals surface area contributed by atoms with Gasteiger partial charge in [-0.2, -0.15) is 0 Å². The topological polar surface area (TPSA) is 46.6 Å². The molecule has 156 valence electrons. The Morgan fingerprint density at radius 1 is 1.03 bits per heavy atom. The first-order valence-electron chi connectivity index (χ1n) is 10.2. The Morgan fingerprint density at radius 2 is 1.77 bits per heavy atom. The molecule has 0 aliphatic carbocycles. The van der Waals surface area contributed by atoms with Crippen molar-refractivity contribution in [3.63, 3.8) is 0 Å². The summed E-state index contributed by atoms with van der Waals surface area (Å²) in [5, 5.41) is -0.182. The minimum atomic E-state index is -0.365. The maximum Gasteiger partial charge on any atom is 0.338 e. The molecule has 1 amide bonds. The number of carbonyl (C=O) groups is 2. The Bertz CT molecular complexity index is 1120. The largest absolute Gasteiger partial charge is 0.462 e. The monoisotopic (exact) mass is 429 g/mol. The zero-order chi connectivity index (χ0) is 21.8. The third-order valence-corrected chi connectivity index (χ3v) is 6.24. The number of anilines is 1. The fraction of sp³-hybridized carbons (Fsp3) is 0.154. The van der Waals surface area contributed by atoms with Crippen LogP contribution in [0.2, 0.25) is 0 Å². The molecule has 1 atom stereocenters. The number of hydrogen-bond donors (Lipinski definition) is 0. The first-order valence-corrected chi connectivity index (χ1v) is 11.1. The summed E-state index contributed by atoms with van der Waals surface area (Å²) < 4.78 is 5.07. The molecule has 0 saturated carbocycles. The van der Waals surface area contributed by atoms with Crippen LogP contribution in [0.15, 0.2) is 83.8 Å². The molecule has 0 spiro atoms. The Hall–Kier alpha value is -3.31. The highest BCUT2D eigenvalue weighted by Crippen LogP contribution is 2.48. The van der Waals surface area contributed by atoms with Crippen LogP contribution in [0.1, 0.15) is 39.3 Å². The average Bonchev–Trinajstić information content (AvgIpc) is 3.10. The van der Waals surface area contributed by atoms with Gasteiger partial charge in [0, 0.05) is 5.69 Å². The zero-order valence-electron chi connectivity index (χ0n) is 17.4. The maximum atomic E-state index is 13.4. The van der Waals surface area contributed by atoms with Crippen molar-refractivity contribution >= 4 is 35.4 Å². The van der Waals surface area contributed by atoms with Crippen LogP contribution in [0, 0.1) is 6.92 Å². The van der Waals surface area contributed by atoms with Crippen LogP contribution in [0.4, 0.5) is 5.69 Å². The van der Waals surface area contributed by atoms with Crippen LogP contribution in [0.3, 0.4) is 0 Å². The second kappa shape index (κ2) is 9.23.